The van der Waals surface area contributed by atoms with Crippen molar-refractivity contribution in [3.8, 4) is 0 Å². The minimum Gasteiger partial charge on any atom is -0.330 e. The summed E-state index contributed by atoms with van der Waals surface area (Å²) in [5.74, 6) is -2.34. The lowest BCUT2D eigenvalue weighted by Crippen LogP contribution is -2.36. The van der Waals surface area contributed by atoms with E-state index in [9.17, 15) is 13.6 Å². The summed E-state index contributed by atoms with van der Waals surface area (Å²) in [7, 11) is 1.75. The average molecular weight is 354 g/mol. The minimum atomic E-state index is -0.848. The molecule has 1 aromatic carbocycles. The Morgan fingerprint density at radius 1 is 1.25 bits per heavy atom. The fraction of sp³-hybridized carbons (Fsp3) is 0.412. The zero-order valence-corrected chi connectivity index (χ0v) is 14.1. The zero-order chi connectivity index (χ0) is 17.3. The second-order valence-electron chi connectivity index (χ2n) is 5.96. The van der Waals surface area contributed by atoms with Gasteiger partial charge in [0.25, 0.3) is 5.91 Å². The number of rotatable bonds is 2. The molecular weight excluding hydrogens is 336 g/mol. The van der Waals surface area contributed by atoms with E-state index in [2.05, 4.69) is 5.10 Å². The van der Waals surface area contributed by atoms with Gasteiger partial charge in [-0.3, -0.25) is 9.48 Å². The molecule has 4 nitrogen and oxygen atoms in total. The second-order valence-corrected chi connectivity index (χ2v) is 6.37. The first kappa shape index (κ1) is 16.9. The zero-order valence-electron chi connectivity index (χ0n) is 13.3. The number of amides is 1. The Labute approximate surface area is 144 Å². The third kappa shape index (κ3) is 3.02. The molecule has 0 bridgehead atoms. The number of halogens is 3. The summed E-state index contributed by atoms with van der Waals surface area (Å²) in [6.45, 7) is 0.429. The number of benzene rings is 1. The predicted molar refractivity (Wildman–Crippen MR) is 86.8 cm³/mol. The van der Waals surface area contributed by atoms with Crippen molar-refractivity contribution in [2.45, 2.75) is 31.7 Å². The average Bonchev–Trinajstić information content (AvgIpc) is 2.75. The first-order valence-electron chi connectivity index (χ1n) is 7.93. The molecule has 0 radical (unpaired) electrons. The van der Waals surface area contributed by atoms with Gasteiger partial charge in [-0.1, -0.05) is 30.5 Å². The normalized spacial score (nSPS) is 18.5. The van der Waals surface area contributed by atoms with Crippen LogP contribution in [-0.4, -0.2) is 27.1 Å². The Hall–Kier alpha value is -1.95. The van der Waals surface area contributed by atoms with E-state index < -0.39 is 23.1 Å². The van der Waals surface area contributed by atoms with Crippen molar-refractivity contribution in [1.82, 2.24) is 14.7 Å². The summed E-state index contributed by atoms with van der Waals surface area (Å²) < 4.78 is 29.7. The maximum Gasteiger partial charge on any atom is 0.260 e. The van der Waals surface area contributed by atoms with E-state index in [0.29, 0.717) is 23.7 Å². The molecule has 0 aliphatic carbocycles. The van der Waals surface area contributed by atoms with Gasteiger partial charge in [0.1, 0.15) is 17.2 Å². The first-order chi connectivity index (χ1) is 11.5. The van der Waals surface area contributed by atoms with Gasteiger partial charge >= 0.3 is 0 Å². The molecule has 3 rings (SSSR count). The van der Waals surface area contributed by atoms with Gasteiger partial charge < -0.3 is 4.90 Å². The molecule has 128 valence electrons. The van der Waals surface area contributed by atoms with Crippen molar-refractivity contribution in [3.63, 3.8) is 0 Å². The molecule has 1 atom stereocenters. The van der Waals surface area contributed by atoms with E-state index >= 15 is 0 Å². The first-order valence-corrected chi connectivity index (χ1v) is 8.31. The number of carbonyl (C=O) groups is 1. The second kappa shape index (κ2) is 6.89. The van der Waals surface area contributed by atoms with E-state index in [4.69, 9.17) is 11.6 Å². The van der Waals surface area contributed by atoms with E-state index in [0.717, 1.165) is 31.4 Å². The molecule has 0 N–H and O–H groups in total. The van der Waals surface area contributed by atoms with E-state index in [1.165, 1.54) is 17.2 Å². The van der Waals surface area contributed by atoms with Crippen molar-refractivity contribution >= 4 is 17.5 Å². The largest absolute Gasteiger partial charge is 0.330 e. The molecule has 0 spiro atoms. The molecule has 1 aliphatic heterocycles. The molecule has 1 saturated heterocycles. The Bertz CT molecular complexity index is 723. The summed E-state index contributed by atoms with van der Waals surface area (Å²) in [6.07, 6.45) is 4.86. The van der Waals surface area contributed by atoms with Crippen LogP contribution < -0.4 is 0 Å². The summed E-state index contributed by atoms with van der Waals surface area (Å²) >= 11 is 6.24. The molecule has 2 heterocycles. The van der Waals surface area contributed by atoms with Crippen LogP contribution in [0.4, 0.5) is 8.78 Å². The molecule has 1 aliphatic rings. The van der Waals surface area contributed by atoms with Gasteiger partial charge in [0, 0.05) is 13.6 Å². The number of nitrogens with zero attached hydrogens (tertiary/aromatic N) is 3. The van der Waals surface area contributed by atoms with Crippen LogP contribution in [0, 0.1) is 11.6 Å². The van der Waals surface area contributed by atoms with Gasteiger partial charge in [0.15, 0.2) is 0 Å². The number of likely N-dealkylation sites (tertiary alicyclic amines) is 1. The highest BCUT2D eigenvalue weighted by atomic mass is 35.5. The number of aryl methyl sites for hydroxylation is 1. The SMILES string of the molecule is Cn1ncc(Cl)c1[C@H]1CCCCCN1C(=O)c1c(F)cccc1F. The highest BCUT2D eigenvalue weighted by Gasteiger charge is 2.33. The Morgan fingerprint density at radius 3 is 2.58 bits per heavy atom. The monoisotopic (exact) mass is 353 g/mol. The van der Waals surface area contributed by atoms with Gasteiger partial charge in [-0.2, -0.15) is 5.10 Å². The molecular formula is C17H18ClF2N3O. The number of hydrogen-bond donors (Lipinski definition) is 0. The summed E-state index contributed by atoms with van der Waals surface area (Å²) in [6, 6.07) is 3.10. The Kier molecular flexibility index (Phi) is 4.85. The van der Waals surface area contributed by atoms with Crippen molar-refractivity contribution < 1.29 is 13.6 Å². The lowest BCUT2D eigenvalue weighted by atomic mass is 10.0. The van der Waals surface area contributed by atoms with Crippen LogP contribution >= 0.6 is 11.6 Å². The highest BCUT2D eigenvalue weighted by Crippen LogP contribution is 2.35. The number of carbonyl (C=O) groups excluding carboxylic acids is 1. The number of hydrogen-bond acceptors (Lipinski definition) is 2. The van der Waals surface area contributed by atoms with Crippen molar-refractivity contribution in [2.75, 3.05) is 6.54 Å². The maximum absolute atomic E-state index is 14.1. The van der Waals surface area contributed by atoms with Crippen molar-refractivity contribution in [2.24, 2.45) is 7.05 Å². The fourth-order valence-corrected chi connectivity index (χ4v) is 3.57. The molecule has 1 aromatic heterocycles. The van der Waals surface area contributed by atoms with Gasteiger partial charge in [0.2, 0.25) is 0 Å². The van der Waals surface area contributed by atoms with Crippen LogP contribution in [0.1, 0.15) is 47.8 Å². The van der Waals surface area contributed by atoms with Gasteiger partial charge in [-0.15, -0.1) is 0 Å². The molecule has 7 heteroatoms. The predicted octanol–water partition coefficient (Wildman–Crippen LogP) is 4.11. The Balaban J connectivity index is 2.03. The molecule has 0 saturated carbocycles. The maximum atomic E-state index is 14.1. The molecule has 2 aromatic rings. The third-order valence-corrected chi connectivity index (χ3v) is 4.73. The smallest absolute Gasteiger partial charge is 0.260 e. The van der Waals surface area contributed by atoms with Crippen LogP contribution in [0.2, 0.25) is 5.02 Å². The van der Waals surface area contributed by atoms with Crippen LogP contribution in [0.5, 0.6) is 0 Å². The van der Waals surface area contributed by atoms with Crippen molar-refractivity contribution in [1.29, 1.82) is 0 Å². The lowest BCUT2D eigenvalue weighted by Gasteiger charge is -2.30. The lowest BCUT2D eigenvalue weighted by molar-refractivity contribution is 0.0663. The summed E-state index contributed by atoms with van der Waals surface area (Å²) in [5, 5.41) is 4.58. The van der Waals surface area contributed by atoms with Gasteiger partial charge in [-0.25, -0.2) is 8.78 Å². The topological polar surface area (TPSA) is 38.1 Å². The highest BCUT2D eigenvalue weighted by molar-refractivity contribution is 6.31. The Morgan fingerprint density at radius 2 is 1.96 bits per heavy atom. The van der Waals surface area contributed by atoms with Crippen LogP contribution in [-0.2, 0) is 7.05 Å². The standard InChI is InChI=1S/C17H18ClF2N3O/c1-22-16(11(18)10-21-22)14-8-3-2-4-9-23(14)17(24)15-12(19)6-5-7-13(15)20/h5-7,10,14H,2-4,8-9H2,1H3/t14-/m1/s1. The molecule has 0 unspecified atom stereocenters. The van der Waals surface area contributed by atoms with Crippen LogP contribution in [0.25, 0.3) is 0 Å². The summed E-state index contributed by atoms with van der Waals surface area (Å²) in [5.41, 5.74) is 0.186. The minimum absolute atomic E-state index is 0.348. The van der Waals surface area contributed by atoms with E-state index in [-0.39, 0.29) is 6.04 Å². The number of aromatic nitrogens is 2. The quantitative estimate of drug-likeness (QED) is 0.815. The third-order valence-electron chi connectivity index (χ3n) is 4.44. The summed E-state index contributed by atoms with van der Waals surface area (Å²) in [4.78, 5) is 14.4. The molecule has 24 heavy (non-hydrogen) atoms. The van der Waals surface area contributed by atoms with Crippen molar-refractivity contribution in [3.05, 3.63) is 52.3 Å². The van der Waals surface area contributed by atoms with E-state index in [1.807, 2.05) is 0 Å². The molecule has 1 amide bonds. The van der Waals surface area contributed by atoms with Crippen LogP contribution in [0.3, 0.4) is 0 Å². The molecule has 1 fully saturated rings. The van der Waals surface area contributed by atoms with Crippen LogP contribution in [0.15, 0.2) is 24.4 Å². The van der Waals surface area contributed by atoms with Gasteiger partial charge in [0.05, 0.1) is 23.0 Å². The van der Waals surface area contributed by atoms with Gasteiger partial charge in [-0.05, 0) is 25.0 Å². The fourth-order valence-electron chi connectivity index (χ4n) is 3.28. The van der Waals surface area contributed by atoms with E-state index in [1.54, 1.807) is 11.7 Å².